The van der Waals surface area contributed by atoms with Crippen LogP contribution < -0.4 is 0 Å². The summed E-state index contributed by atoms with van der Waals surface area (Å²) < 4.78 is 41.2. The predicted molar refractivity (Wildman–Crippen MR) is 42.6 cm³/mol. The molecular weight excluding hydrogens is 199 g/mol. The molecule has 0 spiro atoms. The second-order valence-corrected chi connectivity index (χ2v) is 3.35. The third kappa shape index (κ3) is 2.17. The van der Waals surface area contributed by atoms with Crippen LogP contribution in [0.5, 0.6) is 0 Å². The van der Waals surface area contributed by atoms with Crippen molar-refractivity contribution in [2.45, 2.75) is 31.7 Å². The number of carbonyl (C=O) groups excluding carboxylic acids is 1. The van der Waals surface area contributed by atoms with Crippen LogP contribution in [0.2, 0.25) is 0 Å². The van der Waals surface area contributed by atoms with Crippen LogP contribution in [0.3, 0.4) is 0 Å². The number of ether oxygens (including phenoxy) is 1. The number of amides is 1. The molecule has 0 N–H and O–H groups in total. The van der Waals surface area contributed by atoms with Crippen molar-refractivity contribution >= 4 is 5.91 Å². The number of rotatable bonds is 1. The van der Waals surface area contributed by atoms with Crippen molar-refractivity contribution in [3.63, 3.8) is 0 Å². The fraction of sp³-hybridized carbons (Fsp3) is 0.875. The summed E-state index contributed by atoms with van der Waals surface area (Å²) in [6, 6.07) is -0.468. The van der Waals surface area contributed by atoms with Gasteiger partial charge in [0, 0.05) is 13.7 Å². The second kappa shape index (κ2) is 3.76. The lowest BCUT2D eigenvalue weighted by Gasteiger charge is -2.27. The van der Waals surface area contributed by atoms with Gasteiger partial charge < -0.3 is 9.64 Å². The summed E-state index contributed by atoms with van der Waals surface area (Å²) in [6.07, 6.45) is -4.66. The molecule has 0 radical (unpaired) electrons. The van der Waals surface area contributed by atoms with Gasteiger partial charge in [-0.1, -0.05) is 0 Å². The van der Waals surface area contributed by atoms with Crippen molar-refractivity contribution < 1.29 is 22.7 Å². The molecule has 82 valence electrons. The first-order valence-corrected chi connectivity index (χ1v) is 4.29. The van der Waals surface area contributed by atoms with Gasteiger partial charge in [-0.15, -0.1) is 0 Å². The summed E-state index contributed by atoms with van der Waals surface area (Å²) in [5.41, 5.74) is 0. The lowest BCUT2D eigenvalue weighted by atomic mass is 10.1. The number of likely N-dealkylation sites (N-methyl/N-ethyl adjacent to an activating group) is 1. The van der Waals surface area contributed by atoms with Crippen LogP contribution in [0, 0.1) is 0 Å². The smallest absolute Gasteiger partial charge is 0.376 e. The number of nitrogens with zero attached hydrogens (tertiary/aromatic N) is 1. The van der Waals surface area contributed by atoms with E-state index in [-0.39, 0.29) is 6.10 Å². The fourth-order valence-corrected chi connectivity index (χ4v) is 1.58. The molecule has 0 aromatic rings. The topological polar surface area (TPSA) is 29.5 Å². The summed E-state index contributed by atoms with van der Waals surface area (Å²) in [7, 11) is 1.16. The molecule has 14 heavy (non-hydrogen) atoms. The summed E-state index contributed by atoms with van der Waals surface area (Å²) in [5.74, 6) is -1.81. The van der Waals surface area contributed by atoms with Gasteiger partial charge in [0.25, 0.3) is 0 Å². The van der Waals surface area contributed by atoms with Crippen molar-refractivity contribution in [1.82, 2.24) is 4.90 Å². The Morgan fingerprint density at radius 1 is 1.50 bits per heavy atom. The first-order valence-electron chi connectivity index (χ1n) is 4.29. The monoisotopic (exact) mass is 211 g/mol. The Morgan fingerprint density at radius 2 is 2.07 bits per heavy atom. The normalized spacial score (nSPS) is 27.8. The number of hydrogen-bond donors (Lipinski definition) is 0. The van der Waals surface area contributed by atoms with Crippen molar-refractivity contribution in [1.29, 1.82) is 0 Å². The Hall–Kier alpha value is -0.780. The predicted octanol–water partition coefficient (Wildman–Crippen LogP) is 1.18. The maximum atomic E-state index is 12.0. The third-order valence-corrected chi connectivity index (χ3v) is 2.40. The molecule has 1 fully saturated rings. The van der Waals surface area contributed by atoms with Crippen molar-refractivity contribution in [3.8, 4) is 0 Å². The Balaban J connectivity index is 2.65. The molecule has 0 aromatic carbocycles. The van der Waals surface area contributed by atoms with E-state index >= 15 is 0 Å². The molecule has 1 aliphatic rings. The van der Waals surface area contributed by atoms with Gasteiger partial charge in [-0.2, -0.15) is 13.2 Å². The van der Waals surface area contributed by atoms with Crippen LogP contribution in [-0.4, -0.2) is 42.8 Å². The maximum absolute atomic E-state index is 12.0. The van der Waals surface area contributed by atoms with Gasteiger partial charge >= 0.3 is 12.1 Å². The molecule has 3 nitrogen and oxygen atoms in total. The molecule has 2 atom stereocenters. The van der Waals surface area contributed by atoms with E-state index in [9.17, 15) is 18.0 Å². The summed E-state index contributed by atoms with van der Waals surface area (Å²) in [4.78, 5) is 11.6. The molecule has 0 aromatic heterocycles. The highest BCUT2D eigenvalue weighted by molar-refractivity contribution is 5.81. The van der Waals surface area contributed by atoms with Crippen LogP contribution in [-0.2, 0) is 9.53 Å². The Bertz CT molecular complexity index is 229. The first-order chi connectivity index (χ1) is 6.34. The molecule has 0 saturated carbocycles. The number of halogens is 3. The van der Waals surface area contributed by atoms with E-state index in [1.165, 1.54) is 0 Å². The van der Waals surface area contributed by atoms with Crippen LogP contribution >= 0.6 is 0 Å². The van der Waals surface area contributed by atoms with E-state index in [4.69, 9.17) is 4.74 Å². The quantitative estimate of drug-likeness (QED) is 0.652. The number of carbonyl (C=O) groups is 1. The SMILES string of the molecule is CC1OCCC1N(C)C(=O)C(F)(F)F. The van der Waals surface area contributed by atoms with Crippen LogP contribution in [0.15, 0.2) is 0 Å². The van der Waals surface area contributed by atoms with E-state index in [1.54, 1.807) is 6.92 Å². The standard InChI is InChI=1S/C8H12F3NO2/c1-5-6(3-4-14-5)12(2)7(13)8(9,10)11/h5-6H,3-4H2,1-2H3. The number of hydrogen-bond acceptors (Lipinski definition) is 2. The molecule has 1 aliphatic heterocycles. The molecule has 0 aliphatic carbocycles. The minimum absolute atomic E-state index is 0.327. The van der Waals surface area contributed by atoms with Gasteiger partial charge in [0.2, 0.25) is 0 Å². The first kappa shape index (κ1) is 11.3. The average Bonchev–Trinajstić information content (AvgIpc) is 2.47. The van der Waals surface area contributed by atoms with E-state index in [1.807, 2.05) is 0 Å². The van der Waals surface area contributed by atoms with Gasteiger partial charge in [-0.05, 0) is 13.3 Å². The van der Waals surface area contributed by atoms with Gasteiger partial charge in [-0.25, -0.2) is 0 Å². The maximum Gasteiger partial charge on any atom is 0.471 e. The molecule has 6 heteroatoms. The van der Waals surface area contributed by atoms with Crippen LogP contribution in [0.25, 0.3) is 0 Å². The lowest BCUT2D eigenvalue weighted by molar-refractivity contribution is -0.186. The van der Waals surface area contributed by atoms with Gasteiger partial charge in [0.1, 0.15) is 0 Å². The largest absolute Gasteiger partial charge is 0.471 e. The minimum Gasteiger partial charge on any atom is -0.376 e. The second-order valence-electron chi connectivity index (χ2n) is 3.35. The van der Waals surface area contributed by atoms with E-state index in [0.717, 1.165) is 11.9 Å². The highest BCUT2D eigenvalue weighted by Crippen LogP contribution is 2.24. The molecule has 1 saturated heterocycles. The number of alkyl halides is 3. The zero-order valence-electron chi connectivity index (χ0n) is 7.97. The van der Waals surface area contributed by atoms with E-state index in [0.29, 0.717) is 13.0 Å². The van der Waals surface area contributed by atoms with E-state index in [2.05, 4.69) is 0 Å². The van der Waals surface area contributed by atoms with Crippen molar-refractivity contribution in [3.05, 3.63) is 0 Å². The van der Waals surface area contributed by atoms with Crippen molar-refractivity contribution in [2.75, 3.05) is 13.7 Å². The molecule has 1 rings (SSSR count). The molecule has 2 unspecified atom stereocenters. The fourth-order valence-electron chi connectivity index (χ4n) is 1.58. The zero-order valence-corrected chi connectivity index (χ0v) is 7.97. The summed E-state index contributed by atoms with van der Waals surface area (Å²) >= 11 is 0. The summed E-state index contributed by atoms with van der Waals surface area (Å²) in [5, 5.41) is 0. The molecule has 0 bridgehead atoms. The zero-order chi connectivity index (χ0) is 10.9. The van der Waals surface area contributed by atoms with Gasteiger partial charge in [-0.3, -0.25) is 4.79 Å². The Morgan fingerprint density at radius 3 is 2.43 bits per heavy atom. The highest BCUT2D eigenvalue weighted by Gasteiger charge is 2.45. The van der Waals surface area contributed by atoms with E-state index < -0.39 is 18.1 Å². The van der Waals surface area contributed by atoms with Gasteiger partial charge in [0.15, 0.2) is 0 Å². The Labute approximate surface area is 79.8 Å². The molecule has 1 heterocycles. The minimum atomic E-state index is -4.79. The molecular formula is C8H12F3NO2. The van der Waals surface area contributed by atoms with Crippen LogP contribution in [0.1, 0.15) is 13.3 Å². The highest BCUT2D eigenvalue weighted by atomic mass is 19.4. The Kier molecular flexibility index (Phi) is 3.04. The van der Waals surface area contributed by atoms with Gasteiger partial charge in [0.05, 0.1) is 12.1 Å². The third-order valence-electron chi connectivity index (χ3n) is 2.40. The lowest BCUT2D eigenvalue weighted by Crippen LogP contribution is -2.47. The summed E-state index contributed by atoms with van der Waals surface area (Å²) in [6.45, 7) is 2.07. The molecule has 1 amide bonds. The van der Waals surface area contributed by atoms with Crippen molar-refractivity contribution in [2.24, 2.45) is 0 Å². The average molecular weight is 211 g/mol. The van der Waals surface area contributed by atoms with Crippen LogP contribution in [0.4, 0.5) is 13.2 Å².